The molecule has 3 rings (SSSR count). The van der Waals surface area contributed by atoms with Crippen LogP contribution in [0.4, 0.5) is 15.8 Å². The number of hydrogen-bond acceptors (Lipinski definition) is 2. The highest BCUT2D eigenvalue weighted by atomic mass is 35.5. The summed E-state index contributed by atoms with van der Waals surface area (Å²) in [5, 5.41) is 5.96. The van der Waals surface area contributed by atoms with Crippen molar-refractivity contribution in [1.82, 2.24) is 0 Å². The Morgan fingerprint density at radius 3 is 2.25 bits per heavy atom. The highest BCUT2D eigenvalue weighted by molar-refractivity contribution is 6.44. The second kappa shape index (κ2) is 6.79. The molecule has 0 aromatic heterocycles. The van der Waals surface area contributed by atoms with Crippen molar-refractivity contribution in [2.45, 2.75) is 6.42 Å². The van der Waals surface area contributed by atoms with Crippen LogP contribution in [0.5, 0.6) is 0 Å². The lowest BCUT2D eigenvalue weighted by molar-refractivity contribution is -0.122. The van der Waals surface area contributed by atoms with Gasteiger partial charge in [-0.15, -0.1) is 0 Å². The van der Waals surface area contributed by atoms with Crippen molar-refractivity contribution < 1.29 is 14.0 Å². The quantitative estimate of drug-likeness (QED) is 0.844. The van der Waals surface area contributed by atoms with E-state index in [1.807, 2.05) is 0 Å². The Balaban J connectivity index is 1.58. The van der Waals surface area contributed by atoms with Gasteiger partial charge in [0.1, 0.15) is 5.82 Å². The van der Waals surface area contributed by atoms with Crippen LogP contribution in [-0.4, -0.2) is 11.8 Å². The van der Waals surface area contributed by atoms with Crippen LogP contribution in [0.2, 0.25) is 10.0 Å². The summed E-state index contributed by atoms with van der Waals surface area (Å²) < 4.78 is 12.8. The average molecular weight is 367 g/mol. The van der Waals surface area contributed by atoms with Crippen LogP contribution in [0, 0.1) is 17.7 Å². The van der Waals surface area contributed by atoms with Crippen molar-refractivity contribution in [3.8, 4) is 0 Å². The minimum absolute atomic E-state index is 0.264. The third-order valence-corrected chi connectivity index (χ3v) is 4.60. The standard InChI is InChI=1S/C17H13Cl2FN2O2/c18-13-2-1-3-14(15(13)19)22-17(24)12-8-11(12)16(23)21-10-6-4-9(20)5-7-10/h1-7,11-12H,8H2,(H,21,23)(H,22,24). The first kappa shape index (κ1) is 16.7. The molecule has 0 bridgehead atoms. The molecule has 0 radical (unpaired) electrons. The van der Waals surface area contributed by atoms with Gasteiger partial charge in [-0.2, -0.15) is 0 Å². The number of anilines is 2. The first-order valence-electron chi connectivity index (χ1n) is 7.27. The molecule has 124 valence electrons. The van der Waals surface area contributed by atoms with Crippen molar-refractivity contribution >= 4 is 46.4 Å². The predicted molar refractivity (Wildman–Crippen MR) is 91.7 cm³/mol. The highest BCUT2D eigenvalue weighted by Crippen LogP contribution is 2.41. The Morgan fingerprint density at radius 2 is 1.58 bits per heavy atom. The molecular weight excluding hydrogens is 354 g/mol. The van der Waals surface area contributed by atoms with E-state index in [-0.39, 0.29) is 22.7 Å². The number of benzene rings is 2. The van der Waals surface area contributed by atoms with Gasteiger partial charge in [-0.05, 0) is 42.8 Å². The Bertz CT molecular complexity index is 796. The SMILES string of the molecule is O=C(Nc1ccc(F)cc1)C1CC1C(=O)Nc1cccc(Cl)c1Cl. The van der Waals surface area contributed by atoms with E-state index in [1.165, 1.54) is 24.3 Å². The fraction of sp³-hybridized carbons (Fsp3) is 0.176. The van der Waals surface area contributed by atoms with E-state index >= 15 is 0 Å². The third-order valence-electron chi connectivity index (χ3n) is 3.79. The summed E-state index contributed by atoms with van der Waals surface area (Å²) in [5.41, 5.74) is 0.907. The maximum absolute atomic E-state index is 12.8. The van der Waals surface area contributed by atoms with E-state index in [2.05, 4.69) is 10.6 Å². The summed E-state index contributed by atoms with van der Waals surface area (Å²) >= 11 is 11.9. The molecule has 1 fully saturated rings. The lowest BCUT2D eigenvalue weighted by atomic mass is 10.2. The summed E-state index contributed by atoms with van der Waals surface area (Å²) in [6.45, 7) is 0. The summed E-state index contributed by atoms with van der Waals surface area (Å²) in [5.74, 6) is -1.75. The first-order valence-corrected chi connectivity index (χ1v) is 8.02. The molecule has 1 aliphatic rings. The molecule has 2 N–H and O–H groups in total. The van der Waals surface area contributed by atoms with Crippen LogP contribution in [0.25, 0.3) is 0 Å². The van der Waals surface area contributed by atoms with E-state index in [1.54, 1.807) is 18.2 Å². The Kier molecular flexibility index (Phi) is 4.73. The summed E-state index contributed by atoms with van der Waals surface area (Å²) in [7, 11) is 0. The Labute approximate surface area is 148 Å². The summed E-state index contributed by atoms with van der Waals surface area (Å²) in [4.78, 5) is 24.3. The number of carbonyl (C=O) groups is 2. The van der Waals surface area contributed by atoms with Crippen molar-refractivity contribution in [3.05, 3.63) is 58.3 Å². The number of hydrogen-bond donors (Lipinski definition) is 2. The van der Waals surface area contributed by atoms with E-state index in [9.17, 15) is 14.0 Å². The summed E-state index contributed by atoms with van der Waals surface area (Å²) in [6.07, 6.45) is 0.455. The van der Waals surface area contributed by atoms with Gasteiger partial charge in [-0.3, -0.25) is 9.59 Å². The molecule has 0 aliphatic heterocycles. The van der Waals surface area contributed by atoms with Crippen molar-refractivity contribution in [2.24, 2.45) is 11.8 Å². The zero-order chi connectivity index (χ0) is 17.3. The zero-order valence-electron chi connectivity index (χ0n) is 12.4. The number of nitrogens with one attached hydrogen (secondary N) is 2. The van der Waals surface area contributed by atoms with Crippen LogP contribution < -0.4 is 10.6 Å². The van der Waals surface area contributed by atoms with Gasteiger partial charge in [0.25, 0.3) is 0 Å². The summed E-state index contributed by atoms with van der Waals surface area (Å²) in [6, 6.07) is 10.4. The topological polar surface area (TPSA) is 58.2 Å². The van der Waals surface area contributed by atoms with Crippen molar-refractivity contribution in [3.63, 3.8) is 0 Å². The largest absolute Gasteiger partial charge is 0.326 e. The van der Waals surface area contributed by atoms with Gasteiger partial charge in [0.15, 0.2) is 0 Å². The molecule has 7 heteroatoms. The van der Waals surface area contributed by atoms with Gasteiger partial charge in [-0.25, -0.2) is 4.39 Å². The van der Waals surface area contributed by atoms with Crippen molar-refractivity contribution in [2.75, 3.05) is 10.6 Å². The molecule has 1 saturated carbocycles. The molecule has 2 aromatic carbocycles. The van der Waals surface area contributed by atoms with Gasteiger partial charge >= 0.3 is 0 Å². The molecule has 2 unspecified atom stereocenters. The number of amides is 2. The second-order valence-electron chi connectivity index (χ2n) is 5.54. The van der Waals surface area contributed by atoms with E-state index in [0.717, 1.165) is 0 Å². The second-order valence-corrected chi connectivity index (χ2v) is 6.32. The minimum atomic E-state index is -0.416. The van der Waals surface area contributed by atoms with E-state index in [4.69, 9.17) is 23.2 Å². The molecular formula is C17H13Cl2FN2O2. The number of rotatable bonds is 4. The maximum Gasteiger partial charge on any atom is 0.228 e. The lowest BCUT2D eigenvalue weighted by Crippen LogP contribution is -2.20. The Hall–Kier alpha value is -2.11. The lowest BCUT2D eigenvalue weighted by Gasteiger charge is -2.08. The smallest absolute Gasteiger partial charge is 0.228 e. The molecule has 0 spiro atoms. The van der Waals surface area contributed by atoms with Crippen LogP contribution >= 0.6 is 23.2 Å². The third kappa shape index (κ3) is 3.68. The zero-order valence-corrected chi connectivity index (χ0v) is 13.9. The van der Waals surface area contributed by atoms with Crippen LogP contribution in [0.15, 0.2) is 42.5 Å². The highest BCUT2D eigenvalue weighted by Gasteiger charge is 2.48. The van der Waals surface area contributed by atoms with Gasteiger partial charge in [0.05, 0.1) is 27.6 Å². The Morgan fingerprint density at radius 1 is 0.958 bits per heavy atom. The van der Waals surface area contributed by atoms with Gasteiger partial charge in [-0.1, -0.05) is 29.3 Å². The fourth-order valence-corrected chi connectivity index (χ4v) is 2.72. The van der Waals surface area contributed by atoms with Crippen molar-refractivity contribution in [1.29, 1.82) is 0 Å². The number of halogens is 3. The van der Waals surface area contributed by atoms with Gasteiger partial charge < -0.3 is 10.6 Å². The predicted octanol–water partition coefficient (Wildman–Crippen LogP) is 4.35. The fourth-order valence-electron chi connectivity index (χ4n) is 2.37. The molecule has 4 nitrogen and oxygen atoms in total. The van der Waals surface area contributed by atoms with Gasteiger partial charge in [0.2, 0.25) is 11.8 Å². The molecule has 0 heterocycles. The van der Waals surface area contributed by atoms with E-state index < -0.39 is 11.8 Å². The van der Waals surface area contributed by atoms with Gasteiger partial charge in [0, 0.05) is 5.69 Å². The molecule has 2 amide bonds. The molecule has 24 heavy (non-hydrogen) atoms. The van der Waals surface area contributed by atoms with E-state index in [0.29, 0.717) is 22.8 Å². The number of carbonyl (C=O) groups excluding carboxylic acids is 2. The molecule has 1 aliphatic carbocycles. The average Bonchev–Trinajstić information content (AvgIpc) is 3.35. The van der Waals surface area contributed by atoms with Crippen LogP contribution in [0.3, 0.4) is 0 Å². The first-order chi connectivity index (χ1) is 11.5. The normalized spacial score (nSPS) is 18.8. The van der Waals surface area contributed by atoms with Crippen LogP contribution in [-0.2, 0) is 9.59 Å². The molecule has 2 aromatic rings. The maximum atomic E-state index is 12.8. The monoisotopic (exact) mass is 366 g/mol. The van der Waals surface area contributed by atoms with Crippen LogP contribution in [0.1, 0.15) is 6.42 Å². The minimum Gasteiger partial charge on any atom is -0.326 e. The molecule has 0 saturated heterocycles. The molecule has 2 atom stereocenters.